The predicted molar refractivity (Wildman–Crippen MR) is 149 cm³/mol. The first-order chi connectivity index (χ1) is 18.5. The molecule has 222 valence electrons. The summed E-state index contributed by atoms with van der Waals surface area (Å²) in [6.07, 6.45) is 3.24. The highest BCUT2D eigenvalue weighted by molar-refractivity contribution is 5.96. The average molecular weight is 559 g/mol. The second-order valence-corrected chi connectivity index (χ2v) is 13.3. The van der Waals surface area contributed by atoms with Crippen molar-refractivity contribution in [2.45, 2.75) is 111 Å². The topological polar surface area (TPSA) is 130 Å². The average Bonchev–Trinajstić information content (AvgIpc) is 3.29. The van der Waals surface area contributed by atoms with Crippen LogP contribution >= 0.6 is 0 Å². The van der Waals surface area contributed by atoms with Crippen LogP contribution in [0.25, 0.3) is 0 Å². The molecule has 2 bridgehead atoms. The molecule has 1 spiro atoms. The maximum Gasteiger partial charge on any atom is 0.333 e. The van der Waals surface area contributed by atoms with E-state index in [1.165, 1.54) is 0 Å². The van der Waals surface area contributed by atoms with E-state index in [1.54, 1.807) is 39.8 Å². The van der Waals surface area contributed by atoms with Crippen LogP contribution in [-0.2, 0) is 23.9 Å². The van der Waals surface area contributed by atoms with Gasteiger partial charge in [-0.05, 0) is 57.6 Å². The van der Waals surface area contributed by atoms with Crippen molar-refractivity contribution in [3.05, 3.63) is 34.4 Å². The fraction of sp³-hybridized carbons (Fsp3) is 0.719. The molecule has 0 radical (unpaired) electrons. The van der Waals surface area contributed by atoms with E-state index in [-0.39, 0.29) is 30.4 Å². The van der Waals surface area contributed by atoms with Gasteiger partial charge >= 0.3 is 11.9 Å². The zero-order valence-corrected chi connectivity index (χ0v) is 25.2. The lowest BCUT2D eigenvalue weighted by atomic mass is 9.59. The Kier molecular flexibility index (Phi) is 7.83. The highest BCUT2D eigenvalue weighted by Crippen LogP contribution is 2.75. The number of hydrogen-bond donors (Lipinski definition) is 3. The molecule has 8 heteroatoms. The van der Waals surface area contributed by atoms with Crippen molar-refractivity contribution in [2.24, 2.45) is 28.6 Å². The summed E-state index contributed by atoms with van der Waals surface area (Å²) in [7, 11) is 0. The number of aliphatic hydroxyl groups is 3. The first-order valence-corrected chi connectivity index (χ1v) is 14.6. The molecule has 3 N–H and O–H groups in total. The van der Waals surface area contributed by atoms with Gasteiger partial charge in [-0.2, -0.15) is 0 Å². The van der Waals surface area contributed by atoms with E-state index in [0.717, 1.165) is 24.8 Å². The molecule has 0 aromatic rings. The monoisotopic (exact) mass is 558 g/mol. The maximum absolute atomic E-state index is 14.6. The van der Waals surface area contributed by atoms with Crippen LogP contribution in [-0.4, -0.2) is 63.1 Å². The molecular formula is C32H46O8. The van der Waals surface area contributed by atoms with Crippen molar-refractivity contribution in [1.82, 2.24) is 0 Å². The van der Waals surface area contributed by atoms with Crippen LogP contribution in [0.1, 0.15) is 87.5 Å². The molecule has 8 nitrogen and oxygen atoms in total. The standard InChI is InChI=1S/C32H46O8/c1-9-10-11-12-23(33)40-31-15-19(5)30-14-18(4)25(34)32(30,38)26(35)21(16-39-28(37)20(6)17(2)3)13-22(27(30)36)24(31)29(31,7)8/h13-14,19,22,24-26,34-35,38H,9-12,15-16H2,1-8H3/t19?,22-,24+,25-,26+,30?,31-,32+/m0/s1. The van der Waals surface area contributed by atoms with Crippen molar-refractivity contribution in [2.75, 3.05) is 6.61 Å². The number of Topliss-reactive ketones (excluding diaryl/α,β-unsaturated/α-hetero) is 1. The molecule has 0 saturated heterocycles. The molecule has 40 heavy (non-hydrogen) atoms. The smallest absolute Gasteiger partial charge is 0.333 e. The summed E-state index contributed by atoms with van der Waals surface area (Å²) in [5, 5.41) is 35.3. The van der Waals surface area contributed by atoms with Crippen LogP contribution in [0.2, 0.25) is 0 Å². The van der Waals surface area contributed by atoms with Gasteiger partial charge in [-0.1, -0.05) is 58.3 Å². The lowest BCUT2D eigenvalue weighted by molar-refractivity contribution is -0.192. The SMILES string of the molecule is CCCCCC(=O)O[C@@]12CC(C)C34C=C(C)[C@H](O)[C@@]3(O)[C@H](O)C(COC(=O)C(C)=C(C)C)=C[C@H](C4=O)[C@@H]1C2(C)C. The van der Waals surface area contributed by atoms with E-state index in [9.17, 15) is 29.7 Å². The van der Waals surface area contributed by atoms with Gasteiger partial charge in [0.05, 0.1) is 5.41 Å². The fourth-order valence-corrected chi connectivity index (χ4v) is 7.95. The number of unbranched alkanes of at least 4 members (excludes halogenated alkanes) is 2. The zero-order chi connectivity index (χ0) is 30.0. The fourth-order valence-electron chi connectivity index (χ4n) is 7.95. The van der Waals surface area contributed by atoms with E-state index >= 15 is 0 Å². The van der Waals surface area contributed by atoms with E-state index in [2.05, 4.69) is 6.92 Å². The van der Waals surface area contributed by atoms with Gasteiger partial charge in [-0.3, -0.25) is 9.59 Å². The van der Waals surface area contributed by atoms with Crippen molar-refractivity contribution in [3.63, 3.8) is 0 Å². The largest absolute Gasteiger partial charge is 0.458 e. The Morgan fingerprint density at radius 1 is 1.10 bits per heavy atom. The van der Waals surface area contributed by atoms with Crippen LogP contribution in [0.3, 0.4) is 0 Å². The van der Waals surface area contributed by atoms with Gasteiger partial charge in [0.15, 0.2) is 5.78 Å². The number of ketones is 1. The Bertz CT molecular complexity index is 1190. The Balaban J connectivity index is 1.82. The van der Waals surface area contributed by atoms with Crippen LogP contribution in [0, 0.1) is 28.6 Å². The van der Waals surface area contributed by atoms with E-state index < -0.39 is 58.0 Å². The number of ether oxygens (including phenoxy) is 2. The van der Waals surface area contributed by atoms with Gasteiger partial charge < -0.3 is 24.8 Å². The van der Waals surface area contributed by atoms with E-state index in [0.29, 0.717) is 17.6 Å². The molecule has 2 fully saturated rings. The van der Waals surface area contributed by atoms with E-state index in [1.807, 2.05) is 20.8 Å². The van der Waals surface area contributed by atoms with Crippen molar-refractivity contribution < 1.29 is 39.2 Å². The molecule has 2 saturated carbocycles. The van der Waals surface area contributed by atoms with Gasteiger partial charge in [0.25, 0.3) is 0 Å². The van der Waals surface area contributed by atoms with Crippen LogP contribution in [0.4, 0.5) is 0 Å². The third kappa shape index (κ3) is 4.08. The molecule has 0 aromatic carbocycles. The number of esters is 2. The van der Waals surface area contributed by atoms with Crippen LogP contribution in [0.15, 0.2) is 34.4 Å². The Morgan fingerprint density at radius 3 is 2.35 bits per heavy atom. The van der Waals surface area contributed by atoms with Gasteiger partial charge in [0, 0.05) is 29.2 Å². The molecule has 4 aliphatic rings. The number of rotatable bonds is 8. The molecule has 0 heterocycles. The van der Waals surface area contributed by atoms with Gasteiger partial charge in [0.2, 0.25) is 0 Å². The maximum atomic E-state index is 14.6. The number of carbonyl (C=O) groups is 3. The summed E-state index contributed by atoms with van der Waals surface area (Å²) in [5.41, 5.74) is -3.65. The molecule has 0 amide bonds. The van der Waals surface area contributed by atoms with Crippen LogP contribution in [0.5, 0.6) is 0 Å². The van der Waals surface area contributed by atoms with Crippen molar-refractivity contribution >= 4 is 17.7 Å². The van der Waals surface area contributed by atoms with Crippen molar-refractivity contribution in [1.29, 1.82) is 0 Å². The molecule has 0 aliphatic heterocycles. The number of allylic oxidation sites excluding steroid dienone is 2. The number of carbonyl (C=O) groups excluding carboxylic acids is 3. The Morgan fingerprint density at radius 2 is 1.75 bits per heavy atom. The Hall–Kier alpha value is -2.29. The van der Waals surface area contributed by atoms with Gasteiger partial charge in [-0.15, -0.1) is 0 Å². The quantitative estimate of drug-likeness (QED) is 0.177. The lowest BCUT2D eigenvalue weighted by Gasteiger charge is -2.48. The second kappa shape index (κ2) is 10.2. The summed E-state index contributed by atoms with van der Waals surface area (Å²) in [5.74, 6) is -3.01. The number of aliphatic hydroxyl groups excluding tert-OH is 2. The molecular weight excluding hydrogens is 512 g/mol. The van der Waals surface area contributed by atoms with Crippen LogP contribution < -0.4 is 0 Å². The zero-order valence-electron chi connectivity index (χ0n) is 25.2. The highest BCUT2D eigenvalue weighted by Gasteiger charge is 2.83. The molecule has 2 unspecified atom stereocenters. The normalized spacial score (nSPS) is 39.1. The first-order valence-electron chi connectivity index (χ1n) is 14.6. The predicted octanol–water partition coefficient (Wildman–Crippen LogP) is 3.97. The summed E-state index contributed by atoms with van der Waals surface area (Å²) < 4.78 is 11.8. The van der Waals surface area contributed by atoms with Gasteiger partial charge in [0.1, 0.15) is 30.0 Å². The minimum Gasteiger partial charge on any atom is -0.458 e. The third-order valence-electron chi connectivity index (χ3n) is 10.6. The van der Waals surface area contributed by atoms with Gasteiger partial charge in [-0.25, -0.2) is 4.79 Å². The summed E-state index contributed by atoms with van der Waals surface area (Å²) >= 11 is 0. The number of fused-ring (bicyclic) bond motifs is 3. The third-order valence-corrected chi connectivity index (χ3v) is 10.6. The summed E-state index contributed by atoms with van der Waals surface area (Å²) in [6.45, 7) is 14.4. The minimum atomic E-state index is -2.28. The summed E-state index contributed by atoms with van der Waals surface area (Å²) in [4.78, 5) is 40.3. The summed E-state index contributed by atoms with van der Waals surface area (Å²) in [6, 6.07) is 0. The molecule has 0 aromatic heterocycles. The lowest BCUT2D eigenvalue weighted by Crippen LogP contribution is -2.65. The highest BCUT2D eigenvalue weighted by atomic mass is 16.6. The minimum absolute atomic E-state index is 0.153. The molecule has 4 rings (SSSR count). The molecule has 4 aliphatic carbocycles. The van der Waals surface area contributed by atoms with Crippen molar-refractivity contribution in [3.8, 4) is 0 Å². The van der Waals surface area contributed by atoms with E-state index in [4.69, 9.17) is 9.47 Å². The second-order valence-electron chi connectivity index (χ2n) is 13.3. The molecule has 8 atom stereocenters. The number of hydrogen-bond acceptors (Lipinski definition) is 8. The Labute approximate surface area is 237 Å². The first kappa shape index (κ1) is 30.7.